The number of sulfonamides is 1. The number of ether oxygens (including phenoxy) is 1. The highest BCUT2D eigenvalue weighted by atomic mass is 32.2. The fourth-order valence-corrected chi connectivity index (χ4v) is 3.43. The molecule has 1 aromatic heterocycles. The van der Waals surface area contributed by atoms with Crippen LogP contribution in [0.3, 0.4) is 0 Å². The van der Waals surface area contributed by atoms with Crippen molar-refractivity contribution in [3.63, 3.8) is 0 Å². The van der Waals surface area contributed by atoms with Crippen LogP contribution >= 0.6 is 0 Å². The first-order valence-electron chi connectivity index (χ1n) is 7.14. The Morgan fingerprint density at radius 2 is 2.14 bits per heavy atom. The van der Waals surface area contributed by atoms with Gasteiger partial charge < -0.3 is 10.1 Å². The molecular weight excluding hydrogens is 292 g/mol. The number of nitrogens with zero attached hydrogens (tertiary/aromatic N) is 3. The predicted molar refractivity (Wildman–Crippen MR) is 79.6 cm³/mol. The van der Waals surface area contributed by atoms with Gasteiger partial charge >= 0.3 is 0 Å². The summed E-state index contributed by atoms with van der Waals surface area (Å²) in [5.41, 5.74) is 0. The molecule has 7 nitrogen and oxygen atoms in total. The van der Waals surface area contributed by atoms with Crippen LogP contribution in [0.5, 0.6) is 0 Å². The average Bonchev–Trinajstić information content (AvgIpc) is 2.49. The Morgan fingerprint density at radius 1 is 1.43 bits per heavy atom. The van der Waals surface area contributed by atoms with Crippen LogP contribution in [0.4, 0.5) is 5.95 Å². The van der Waals surface area contributed by atoms with Crippen LogP contribution in [0.2, 0.25) is 0 Å². The molecule has 1 aliphatic heterocycles. The zero-order valence-electron chi connectivity index (χ0n) is 12.4. The molecule has 0 bridgehead atoms. The molecule has 1 atom stereocenters. The molecular formula is C13H22N4O3S. The molecule has 0 aliphatic carbocycles. The summed E-state index contributed by atoms with van der Waals surface area (Å²) in [6.07, 6.45) is 4.66. The Morgan fingerprint density at radius 3 is 2.71 bits per heavy atom. The van der Waals surface area contributed by atoms with Crippen molar-refractivity contribution >= 4 is 16.0 Å². The number of rotatable bonds is 6. The standard InChI is InChI=1S/C13H22N4O3S/c1-3-14-13-15-7-12(8-16-13)21(18,19)17(2)9-11-5-4-6-20-10-11/h7-8,11H,3-6,9-10H2,1-2H3,(H,14,15,16). The van der Waals surface area contributed by atoms with E-state index in [4.69, 9.17) is 4.74 Å². The smallest absolute Gasteiger partial charge is 0.245 e. The lowest BCUT2D eigenvalue weighted by Gasteiger charge is -2.26. The van der Waals surface area contributed by atoms with Gasteiger partial charge in [0.2, 0.25) is 16.0 Å². The molecule has 0 aromatic carbocycles. The lowest BCUT2D eigenvalue weighted by molar-refractivity contribution is 0.0495. The maximum absolute atomic E-state index is 12.5. The van der Waals surface area contributed by atoms with Crippen LogP contribution < -0.4 is 5.32 Å². The minimum atomic E-state index is -3.55. The summed E-state index contributed by atoms with van der Waals surface area (Å²) >= 11 is 0. The molecule has 0 amide bonds. The van der Waals surface area contributed by atoms with Crippen molar-refractivity contribution in [3.8, 4) is 0 Å². The highest BCUT2D eigenvalue weighted by molar-refractivity contribution is 7.89. The van der Waals surface area contributed by atoms with E-state index in [0.29, 0.717) is 25.6 Å². The summed E-state index contributed by atoms with van der Waals surface area (Å²) in [5.74, 6) is 0.681. The molecule has 1 aliphatic rings. The van der Waals surface area contributed by atoms with Crippen LogP contribution in [0, 0.1) is 5.92 Å². The third kappa shape index (κ3) is 4.12. The minimum Gasteiger partial charge on any atom is -0.381 e. The van der Waals surface area contributed by atoms with Gasteiger partial charge in [0, 0.05) is 26.7 Å². The second kappa shape index (κ2) is 7.15. The van der Waals surface area contributed by atoms with Crippen molar-refractivity contribution in [1.82, 2.24) is 14.3 Å². The molecule has 0 radical (unpaired) electrons. The molecule has 118 valence electrons. The molecule has 1 saturated heterocycles. The molecule has 21 heavy (non-hydrogen) atoms. The first-order valence-corrected chi connectivity index (χ1v) is 8.58. The summed E-state index contributed by atoms with van der Waals surface area (Å²) in [7, 11) is -1.96. The molecule has 2 heterocycles. The van der Waals surface area contributed by atoms with E-state index in [9.17, 15) is 8.42 Å². The summed E-state index contributed by atoms with van der Waals surface area (Å²) in [6, 6.07) is 0. The average molecular weight is 314 g/mol. The maximum atomic E-state index is 12.5. The quantitative estimate of drug-likeness (QED) is 0.842. The highest BCUT2D eigenvalue weighted by Crippen LogP contribution is 2.19. The van der Waals surface area contributed by atoms with Crippen molar-refractivity contribution in [1.29, 1.82) is 0 Å². The van der Waals surface area contributed by atoms with Crippen molar-refractivity contribution in [3.05, 3.63) is 12.4 Å². The van der Waals surface area contributed by atoms with E-state index in [1.807, 2.05) is 6.92 Å². The molecule has 0 spiro atoms. The van der Waals surface area contributed by atoms with E-state index < -0.39 is 10.0 Å². The van der Waals surface area contributed by atoms with Crippen molar-refractivity contribution in [2.75, 3.05) is 38.7 Å². The Hall–Kier alpha value is -1.25. The van der Waals surface area contributed by atoms with E-state index >= 15 is 0 Å². The molecule has 1 fully saturated rings. The topological polar surface area (TPSA) is 84.4 Å². The Labute approximate surface area is 125 Å². The fourth-order valence-electron chi connectivity index (χ4n) is 2.29. The molecule has 2 rings (SSSR count). The zero-order chi connectivity index (χ0) is 15.3. The van der Waals surface area contributed by atoms with E-state index in [-0.39, 0.29) is 10.8 Å². The minimum absolute atomic E-state index is 0.114. The van der Waals surface area contributed by atoms with Crippen molar-refractivity contribution in [2.24, 2.45) is 5.92 Å². The summed E-state index contributed by atoms with van der Waals surface area (Å²) in [6.45, 7) is 4.46. The second-order valence-corrected chi connectivity index (χ2v) is 7.19. The van der Waals surface area contributed by atoms with E-state index in [1.165, 1.54) is 16.7 Å². The summed E-state index contributed by atoms with van der Waals surface area (Å²) in [4.78, 5) is 8.14. The van der Waals surface area contributed by atoms with Gasteiger partial charge in [-0.25, -0.2) is 22.7 Å². The van der Waals surface area contributed by atoms with Gasteiger partial charge in [-0.15, -0.1) is 0 Å². The summed E-state index contributed by atoms with van der Waals surface area (Å²) < 4.78 is 31.7. The Kier molecular flexibility index (Phi) is 5.49. The molecule has 0 saturated carbocycles. The lowest BCUT2D eigenvalue weighted by Crippen LogP contribution is -2.35. The van der Waals surface area contributed by atoms with Crippen LogP contribution in [0.15, 0.2) is 17.3 Å². The molecule has 8 heteroatoms. The van der Waals surface area contributed by atoms with Gasteiger partial charge in [-0.05, 0) is 25.7 Å². The fraction of sp³-hybridized carbons (Fsp3) is 0.692. The van der Waals surface area contributed by atoms with Gasteiger partial charge in [0.05, 0.1) is 19.0 Å². The number of anilines is 1. The molecule has 1 aromatic rings. The molecule has 1 unspecified atom stereocenters. The SMILES string of the molecule is CCNc1ncc(S(=O)(=O)N(C)CC2CCCOC2)cn1. The normalized spacial score (nSPS) is 19.7. The van der Waals surface area contributed by atoms with Crippen molar-refractivity contribution < 1.29 is 13.2 Å². The first kappa shape index (κ1) is 16.1. The largest absolute Gasteiger partial charge is 0.381 e. The van der Waals surface area contributed by atoms with Gasteiger partial charge in [-0.1, -0.05) is 0 Å². The number of nitrogens with one attached hydrogen (secondary N) is 1. The van der Waals surface area contributed by atoms with Gasteiger partial charge in [0.1, 0.15) is 4.90 Å². The zero-order valence-corrected chi connectivity index (χ0v) is 13.3. The van der Waals surface area contributed by atoms with Crippen molar-refractivity contribution in [2.45, 2.75) is 24.7 Å². The predicted octanol–water partition coefficient (Wildman–Crippen LogP) is 0.955. The van der Waals surface area contributed by atoms with Crippen LogP contribution in [-0.4, -0.2) is 56.0 Å². The first-order chi connectivity index (χ1) is 10.0. The monoisotopic (exact) mass is 314 g/mol. The highest BCUT2D eigenvalue weighted by Gasteiger charge is 2.25. The van der Waals surface area contributed by atoms with E-state index in [2.05, 4.69) is 15.3 Å². The number of hydrogen-bond donors (Lipinski definition) is 1. The number of hydrogen-bond acceptors (Lipinski definition) is 6. The van der Waals surface area contributed by atoms with Crippen LogP contribution in [-0.2, 0) is 14.8 Å². The number of aromatic nitrogens is 2. The van der Waals surface area contributed by atoms with E-state index in [0.717, 1.165) is 19.4 Å². The van der Waals surface area contributed by atoms with Gasteiger partial charge in [0.25, 0.3) is 0 Å². The third-order valence-corrected chi connectivity index (χ3v) is 5.22. The van der Waals surface area contributed by atoms with E-state index in [1.54, 1.807) is 7.05 Å². The van der Waals surface area contributed by atoms with Gasteiger partial charge in [0.15, 0.2) is 0 Å². The third-order valence-electron chi connectivity index (χ3n) is 3.44. The van der Waals surface area contributed by atoms with Gasteiger partial charge in [-0.2, -0.15) is 0 Å². The summed E-state index contributed by atoms with van der Waals surface area (Å²) in [5, 5.41) is 2.93. The lowest BCUT2D eigenvalue weighted by atomic mass is 10.0. The second-order valence-electron chi connectivity index (χ2n) is 5.14. The molecule has 1 N–H and O–H groups in total. The Balaban J connectivity index is 2.05. The van der Waals surface area contributed by atoms with Crippen LogP contribution in [0.25, 0.3) is 0 Å². The van der Waals surface area contributed by atoms with Crippen LogP contribution in [0.1, 0.15) is 19.8 Å². The maximum Gasteiger partial charge on any atom is 0.245 e. The van der Waals surface area contributed by atoms with Gasteiger partial charge in [-0.3, -0.25) is 0 Å². The Bertz CT molecular complexity index is 541.